The Morgan fingerprint density at radius 2 is 1.74 bits per heavy atom. The molecule has 2 saturated carbocycles. The molecule has 0 aliphatic heterocycles. The Hall–Kier alpha value is -0.680. The van der Waals surface area contributed by atoms with Gasteiger partial charge in [0, 0.05) is 11.8 Å². The summed E-state index contributed by atoms with van der Waals surface area (Å²) < 4.78 is 4.26. The molecule has 2 N–H and O–H groups in total. The fraction of sp³-hybridized carbons (Fsp3) is 0.833. The van der Waals surface area contributed by atoms with Crippen LogP contribution in [0.4, 0.5) is 4.79 Å². The maximum Gasteiger partial charge on any atom is 0.408 e. The fourth-order valence-electron chi connectivity index (χ4n) is 2.68. The lowest BCUT2D eigenvalue weighted by Gasteiger charge is -2.30. The molecule has 108 valence electrons. The van der Waals surface area contributed by atoms with Gasteiger partial charge in [-0.25, -0.2) is 9.59 Å². The summed E-state index contributed by atoms with van der Waals surface area (Å²) in [4.78, 5) is 23.2. The molecule has 0 aromatic carbocycles. The molecule has 0 spiro atoms. The van der Waals surface area contributed by atoms with Gasteiger partial charge >= 0.3 is 12.1 Å². The van der Waals surface area contributed by atoms with Crippen LogP contribution in [0, 0.1) is 11.8 Å². The van der Waals surface area contributed by atoms with Crippen molar-refractivity contribution in [1.29, 1.82) is 0 Å². The van der Waals surface area contributed by atoms with Crippen LogP contribution in [0.2, 0.25) is 0 Å². The van der Waals surface area contributed by atoms with Crippen molar-refractivity contribution in [2.24, 2.45) is 11.8 Å². The average molecular weight is 310 g/mol. The molecule has 0 saturated heterocycles. The minimum atomic E-state index is -1.31. The Morgan fingerprint density at radius 1 is 1.26 bits per heavy atom. The van der Waals surface area contributed by atoms with Crippen LogP contribution in [0.25, 0.3) is 0 Å². The second-order valence-corrected chi connectivity index (χ2v) is 7.75. The molecule has 0 aromatic rings. The highest BCUT2D eigenvalue weighted by Crippen LogP contribution is 2.69. The highest BCUT2D eigenvalue weighted by molar-refractivity contribution is 6.51. The number of fused-ring (bicyclic) bond motifs is 1. The van der Waals surface area contributed by atoms with E-state index in [0.29, 0.717) is 0 Å². The number of alkyl halides is 2. The monoisotopic (exact) mass is 309 g/mol. The lowest BCUT2D eigenvalue weighted by molar-refractivity contribution is -0.145. The van der Waals surface area contributed by atoms with Crippen LogP contribution in [-0.4, -0.2) is 32.6 Å². The molecule has 19 heavy (non-hydrogen) atoms. The van der Waals surface area contributed by atoms with Crippen LogP contribution in [0.3, 0.4) is 0 Å². The summed E-state index contributed by atoms with van der Waals surface area (Å²) in [5, 5.41) is 11.8. The second-order valence-electron chi connectivity index (χ2n) is 6.31. The average Bonchev–Trinajstić information content (AvgIpc) is 2.58. The number of hydrogen-bond acceptors (Lipinski definition) is 3. The zero-order valence-electron chi connectivity index (χ0n) is 11.0. The van der Waals surface area contributed by atoms with Gasteiger partial charge < -0.3 is 15.2 Å². The van der Waals surface area contributed by atoms with Crippen molar-refractivity contribution < 1.29 is 19.4 Å². The van der Waals surface area contributed by atoms with Crippen molar-refractivity contribution in [3.8, 4) is 0 Å². The van der Waals surface area contributed by atoms with E-state index >= 15 is 0 Å². The number of halogens is 2. The molecule has 1 unspecified atom stereocenters. The normalized spacial score (nSPS) is 35.4. The fourth-order valence-corrected chi connectivity index (χ4v) is 3.47. The summed E-state index contributed by atoms with van der Waals surface area (Å²) in [6.45, 7) is 5.15. The van der Waals surface area contributed by atoms with Gasteiger partial charge in [-0.1, -0.05) is 0 Å². The van der Waals surface area contributed by atoms with Crippen LogP contribution in [0.1, 0.15) is 33.6 Å². The molecule has 0 heterocycles. The standard InChI is InChI=1S/C12H17Cl2NO4/c1-10(2,3)19-9(18)15-11(8(16)17)4-6-7(5-11)12(6,13)14/h6-7H,4-5H2,1-3H3,(H,15,18)(H,16,17)/t6-,7+,11?. The van der Waals surface area contributed by atoms with Gasteiger partial charge in [-0.2, -0.15) is 0 Å². The molecular formula is C12H17Cl2NO4. The van der Waals surface area contributed by atoms with E-state index in [1.807, 2.05) is 0 Å². The van der Waals surface area contributed by atoms with Gasteiger partial charge in [0.25, 0.3) is 0 Å². The third-order valence-electron chi connectivity index (χ3n) is 3.65. The summed E-state index contributed by atoms with van der Waals surface area (Å²) in [7, 11) is 0. The third kappa shape index (κ3) is 2.63. The second kappa shape index (κ2) is 4.16. The van der Waals surface area contributed by atoms with Crippen molar-refractivity contribution in [2.75, 3.05) is 0 Å². The number of nitrogens with one attached hydrogen (secondary N) is 1. The van der Waals surface area contributed by atoms with E-state index < -0.39 is 27.5 Å². The molecule has 2 fully saturated rings. The van der Waals surface area contributed by atoms with Crippen molar-refractivity contribution in [1.82, 2.24) is 5.32 Å². The van der Waals surface area contributed by atoms with E-state index in [9.17, 15) is 14.7 Å². The first-order chi connectivity index (χ1) is 8.48. The Bertz CT molecular complexity index is 416. The number of rotatable bonds is 2. The predicted octanol–water partition coefficient (Wildman–Crippen LogP) is 2.55. The van der Waals surface area contributed by atoms with Gasteiger partial charge in [0.1, 0.15) is 15.5 Å². The molecule has 0 radical (unpaired) electrons. The number of carbonyl (C=O) groups excluding carboxylic acids is 1. The van der Waals surface area contributed by atoms with E-state index in [-0.39, 0.29) is 24.7 Å². The maximum atomic E-state index is 11.7. The molecule has 1 amide bonds. The number of amides is 1. The van der Waals surface area contributed by atoms with Gasteiger partial charge in [0.05, 0.1) is 0 Å². The molecular weight excluding hydrogens is 293 g/mol. The molecule has 3 atom stereocenters. The van der Waals surface area contributed by atoms with Gasteiger partial charge in [0.2, 0.25) is 0 Å². The number of hydrogen-bond donors (Lipinski definition) is 2. The molecule has 2 aliphatic rings. The van der Waals surface area contributed by atoms with Crippen molar-refractivity contribution in [3.05, 3.63) is 0 Å². The summed E-state index contributed by atoms with van der Waals surface area (Å²) in [6, 6.07) is 0. The number of carboxylic acid groups (broad SMARTS) is 1. The van der Waals surface area contributed by atoms with E-state index in [1.54, 1.807) is 20.8 Å². The summed E-state index contributed by atoms with van der Waals surface area (Å²) in [5.74, 6) is -1.24. The number of aliphatic carboxylic acids is 1. The van der Waals surface area contributed by atoms with E-state index in [2.05, 4.69) is 5.32 Å². The minimum absolute atomic E-state index is 0.0816. The van der Waals surface area contributed by atoms with Crippen molar-refractivity contribution >= 4 is 35.3 Å². The number of ether oxygens (including phenoxy) is 1. The smallest absolute Gasteiger partial charge is 0.408 e. The highest BCUT2D eigenvalue weighted by atomic mass is 35.5. The minimum Gasteiger partial charge on any atom is -0.480 e. The van der Waals surface area contributed by atoms with Crippen LogP contribution < -0.4 is 5.32 Å². The quantitative estimate of drug-likeness (QED) is 0.769. The summed E-state index contributed by atoms with van der Waals surface area (Å²) in [6.07, 6.45) is -0.260. The predicted molar refractivity (Wildman–Crippen MR) is 70.4 cm³/mol. The largest absolute Gasteiger partial charge is 0.480 e. The first-order valence-corrected chi connectivity index (χ1v) is 6.86. The zero-order valence-corrected chi connectivity index (χ0v) is 12.5. The first kappa shape index (κ1) is 14.7. The number of carbonyl (C=O) groups is 2. The van der Waals surface area contributed by atoms with Gasteiger partial charge in [0.15, 0.2) is 0 Å². The summed E-state index contributed by atoms with van der Waals surface area (Å²) in [5.41, 5.74) is -1.99. The van der Waals surface area contributed by atoms with Gasteiger partial charge in [-0.3, -0.25) is 0 Å². The Morgan fingerprint density at radius 3 is 2.11 bits per heavy atom. The SMILES string of the molecule is CC(C)(C)OC(=O)NC1(C(=O)O)C[C@@H]2[C@H](C1)C2(Cl)Cl. The highest BCUT2D eigenvalue weighted by Gasteiger charge is 2.73. The van der Waals surface area contributed by atoms with E-state index in [1.165, 1.54) is 0 Å². The van der Waals surface area contributed by atoms with Crippen molar-refractivity contribution in [3.63, 3.8) is 0 Å². The molecule has 2 aliphatic carbocycles. The lowest BCUT2D eigenvalue weighted by Crippen LogP contribution is -2.55. The Labute approximate surface area is 121 Å². The van der Waals surface area contributed by atoms with E-state index in [0.717, 1.165) is 0 Å². The lowest BCUT2D eigenvalue weighted by atomic mass is 9.93. The zero-order chi connectivity index (χ0) is 14.6. The molecule has 5 nitrogen and oxygen atoms in total. The molecule has 0 aromatic heterocycles. The van der Waals surface area contributed by atoms with Crippen LogP contribution in [0.5, 0.6) is 0 Å². The van der Waals surface area contributed by atoms with Crippen LogP contribution in [0.15, 0.2) is 0 Å². The summed E-state index contributed by atoms with van der Waals surface area (Å²) >= 11 is 12.0. The topological polar surface area (TPSA) is 75.6 Å². The Kier molecular flexibility index (Phi) is 3.22. The molecule has 7 heteroatoms. The molecule has 0 bridgehead atoms. The Balaban J connectivity index is 2.04. The van der Waals surface area contributed by atoms with Gasteiger partial charge in [-0.05, 0) is 33.6 Å². The third-order valence-corrected chi connectivity index (χ3v) is 4.77. The van der Waals surface area contributed by atoms with E-state index in [4.69, 9.17) is 27.9 Å². The number of carboxylic acids is 1. The maximum absolute atomic E-state index is 11.7. The molecule has 2 rings (SSSR count). The van der Waals surface area contributed by atoms with Gasteiger partial charge in [-0.15, -0.1) is 23.2 Å². The first-order valence-electron chi connectivity index (χ1n) is 6.10. The van der Waals surface area contributed by atoms with Crippen LogP contribution >= 0.6 is 23.2 Å². The van der Waals surface area contributed by atoms with Crippen molar-refractivity contribution in [2.45, 2.75) is 49.1 Å². The van der Waals surface area contributed by atoms with Crippen LogP contribution in [-0.2, 0) is 9.53 Å². The number of alkyl carbamates (subject to hydrolysis) is 1.